The van der Waals surface area contributed by atoms with Gasteiger partial charge in [-0.25, -0.2) is 9.50 Å². The van der Waals surface area contributed by atoms with Gasteiger partial charge < -0.3 is 4.90 Å². The van der Waals surface area contributed by atoms with E-state index in [-0.39, 0.29) is 6.04 Å². The van der Waals surface area contributed by atoms with Gasteiger partial charge in [-0.2, -0.15) is 22.1 Å². The van der Waals surface area contributed by atoms with Crippen molar-refractivity contribution in [2.75, 3.05) is 33.7 Å². The van der Waals surface area contributed by atoms with E-state index in [0.29, 0.717) is 26.2 Å². The van der Waals surface area contributed by atoms with E-state index in [1.54, 1.807) is 8.61 Å². The molecule has 9 heteroatoms. The van der Waals surface area contributed by atoms with Crippen LogP contribution in [0.4, 0.5) is 0 Å². The second-order valence-electron chi connectivity index (χ2n) is 7.84. The molecule has 0 amide bonds. The van der Waals surface area contributed by atoms with Crippen molar-refractivity contribution in [3.05, 3.63) is 29.2 Å². The maximum absolute atomic E-state index is 13.3. The van der Waals surface area contributed by atoms with E-state index >= 15 is 0 Å². The molecule has 2 fully saturated rings. The van der Waals surface area contributed by atoms with Crippen LogP contribution in [0.25, 0.3) is 5.65 Å². The zero-order valence-corrected chi connectivity index (χ0v) is 17.1. The summed E-state index contributed by atoms with van der Waals surface area (Å²) >= 11 is 0. The van der Waals surface area contributed by atoms with Crippen molar-refractivity contribution >= 4 is 15.9 Å². The maximum Gasteiger partial charge on any atom is 0.282 e. The topological polar surface area (TPSA) is 74.1 Å². The van der Waals surface area contributed by atoms with Gasteiger partial charge in [0, 0.05) is 44.0 Å². The summed E-state index contributed by atoms with van der Waals surface area (Å²) in [5, 5.41) is 4.64. The Labute approximate surface area is 161 Å². The monoisotopic (exact) mass is 392 g/mol. The first-order valence-electron chi connectivity index (χ1n) is 9.64. The van der Waals surface area contributed by atoms with E-state index in [0.717, 1.165) is 48.3 Å². The smallest absolute Gasteiger partial charge is 0.282 e. The van der Waals surface area contributed by atoms with Crippen molar-refractivity contribution in [1.29, 1.82) is 0 Å². The summed E-state index contributed by atoms with van der Waals surface area (Å²) < 4.78 is 31.8. The number of fused-ring (bicyclic) bond motifs is 1. The van der Waals surface area contributed by atoms with Crippen LogP contribution in [0.2, 0.25) is 0 Å². The van der Waals surface area contributed by atoms with E-state index in [1.165, 1.54) is 0 Å². The lowest BCUT2D eigenvalue weighted by Gasteiger charge is -2.30. The van der Waals surface area contributed by atoms with E-state index in [4.69, 9.17) is 0 Å². The third-order valence-corrected chi connectivity index (χ3v) is 7.46. The quantitative estimate of drug-likeness (QED) is 0.772. The number of aromatic nitrogens is 3. The molecule has 148 valence electrons. The Bertz CT molecular complexity index is 933. The summed E-state index contributed by atoms with van der Waals surface area (Å²) in [5.41, 5.74) is 3.65. The summed E-state index contributed by atoms with van der Waals surface area (Å²) in [6.07, 6.45) is 5.45. The van der Waals surface area contributed by atoms with Gasteiger partial charge in [0.15, 0.2) is 5.65 Å². The molecular weight excluding hydrogens is 364 g/mol. The Balaban J connectivity index is 1.81. The van der Waals surface area contributed by atoms with Crippen LogP contribution in [-0.2, 0) is 16.8 Å². The summed E-state index contributed by atoms with van der Waals surface area (Å²) in [5.74, 6) is 0. The maximum atomic E-state index is 13.3. The van der Waals surface area contributed by atoms with Crippen molar-refractivity contribution in [1.82, 2.24) is 28.1 Å². The van der Waals surface area contributed by atoms with Crippen LogP contribution < -0.4 is 0 Å². The number of hydrogen-bond donors (Lipinski definition) is 0. The lowest BCUT2D eigenvalue weighted by Crippen LogP contribution is -2.42. The molecule has 0 spiro atoms. The van der Waals surface area contributed by atoms with Crippen LogP contribution >= 0.6 is 0 Å². The van der Waals surface area contributed by atoms with Crippen LogP contribution in [0.5, 0.6) is 0 Å². The van der Waals surface area contributed by atoms with E-state index in [9.17, 15) is 8.42 Å². The second-order valence-corrected chi connectivity index (χ2v) is 9.73. The molecule has 4 heterocycles. The third kappa shape index (κ3) is 3.37. The Morgan fingerprint density at radius 1 is 1.19 bits per heavy atom. The van der Waals surface area contributed by atoms with Gasteiger partial charge in [-0.3, -0.25) is 0 Å². The highest BCUT2D eigenvalue weighted by atomic mass is 32.2. The molecule has 2 aromatic rings. The molecule has 27 heavy (non-hydrogen) atoms. The minimum Gasteiger partial charge on any atom is -0.305 e. The van der Waals surface area contributed by atoms with Crippen LogP contribution in [0.1, 0.15) is 48.7 Å². The SMILES string of the molecule is Cc1cc2ncc(CN(C)C)c([C@@H]3CCCN3S(=O)(=O)N3CCCC3)n2n1. The normalized spacial score (nSPS) is 22.4. The van der Waals surface area contributed by atoms with Crippen LogP contribution in [0.3, 0.4) is 0 Å². The number of nitrogens with zero attached hydrogens (tertiary/aromatic N) is 6. The van der Waals surface area contributed by atoms with Gasteiger partial charge in [-0.15, -0.1) is 0 Å². The van der Waals surface area contributed by atoms with Gasteiger partial charge in [0.05, 0.1) is 17.4 Å². The predicted octanol–water partition coefficient (Wildman–Crippen LogP) is 1.58. The second kappa shape index (κ2) is 7.12. The molecule has 0 N–H and O–H groups in total. The van der Waals surface area contributed by atoms with E-state index in [1.807, 2.05) is 37.8 Å². The fourth-order valence-electron chi connectivity index (χ4n) is 4.28. The molecule has 0 radical (unpaired) electrons. The summed E-state index contributed by atoms with van der Waals surface area (Å²) in [7, 11) is 0.568. The van der Waals surface area contributed by atoms with Crippen molar-refractivity contribution in [3.8, 4) is 0 Å². The molecule has 2 aromatic heterocycles. The number of aryl methyl sites for hydroxylation is 1. The first-order chi connectivity index (χ1) is 12.9. The van der Waals surface area contributed by atoms with E-state index in [2.05, 4.69) is 15.0 Å². The highest BCUT2D eigenvalue weighted by Crippen LogP contribution is 2.37. The van der Waals surface area contributed by atoms with Crippen LogP contribution in [-0.4, -0.2) is 70.3 Å². The fraction of sp³-hybridized carbons (Fsp3) is 0.667. The Kier molecular flexibility index (Phi) is 4.96. The zero-order chi connectivity index (χ0) is 19.2. The lowest BCUT2D eigenvalue weighted by atomic mass is 10.1. The van der Waals surface area contributed by atoms with Crippen molar-refractivity contribution in [2.24, 2.45) is 0 Å². The minimum absolute atomic E-state index is 0.199. The van der Waals surface area contributed by atoms with Crippen molar-refractivity contribution in [3.63, 3.8) is 0 Å². The zero-order valence-electron chi connectivity index (χ0n) is 16.3. The Morgan fingerprint density at radius 2 is 1.93 bits per heavy atom. The average Bonchev–Trinajstić information content (AvgIpc) is 3.34. The summed E-state index contributed by atoms with van der Waals surface area (Å²) in [6.45, 7) is 4.46. The molecule has 0 aromatic carbocycles. The van der Waals surface area contributed by atoms with Crippen LogP contribution in [0.15, 0.2) is 12.3 Å². The summed E-state index contributed by atoms with van der Waals surface area (Å²) in [6, 6.07) is 1.74. The number of hydrogen-bond acceptors (Lipinski definition) is 5. The summed E-state index contributed by atoms with van der Waals surface area (Å²) in [4.78, 5) is 6.63. The van der Waals surface area contributed by atoms with Crippen molar-refractivity contribution < 1.29 is 8.42 Å². The lowest BCUT2D eigenvalue weighted by molar-refractivity contribution is 0.335. The molecule has 0 saturated carbocycles. The van der Waals surface area contributed by atoms with Gasteiger partial charge in [0.25, 0.3) is 10.2 Å². The standard InChI is InChI=1S/C18H28N6O2S/c1-14-11-17-19-12-15(13-21(2)3)18(24(17)20-14)16-7-6-10-23(16)27(25,26)22-8-4-5-9-22/h11-12,16H,4-10,13H2,1-3H3/t16-/m0/s1. The fourth-order valence-corrected chi connectivity index (χ4v) is 6.18. The average molecular weight is 393 g/mol. The Morgan fingerprint density at radius 3 is 2.63 bits per heavy atom. The predicted molar refractivity (Wildman–Crippen MR) is 104 cm³/mol. The first-order valence-corrected chi connectivity index (χ1v) is 11.0. The molecule has 0 unspecified atom stereocenters. The largest absolute Gasteiger partial charge is 0.305 e. The van der Waals surface area contributed by atoms with Gasteiger partial charge in [-0.1, -0.05) is 0 Å². The molecule has 2 saturated heterocycles. The third-order valence-electron chi connectivity index (χ3n) is 5.42. The van der Waals surface area contributed by atoms with Gasteiger partial charge in [0.2, 0.25) is 0 Å². The Hall–Kier alpha value is -1.55. The molecule has 2 aliphatic heterocycles. The molecule has 0 aliphatic carbocycles. The first kappa shape index (κ1) is 18.8. The number of rotatable bonds is 5. The van der Waals surface area contributed by atoms with Gasteiger partial charge in [0.1, 0.15) is 0 Å². The highest BCUT2D eigenvalue weighted by Gasteiger charge is 2.41. The van der Waals surface area contributed by atoms with Gasteiger partial charge >= 0.3 is 0 Å². The van der Waals surface area contributed by atoms with Crippen molar-refractivity contribution in [2.45, 2.75) is 45.2 Å². The van der Waals surface area contributed by atoms with Gasteiger partial charge in [-0.05, 0) is 46.7 Å². The minimum atomic E-state index is -3.45. The highest BCUT2D eigenvalue weighted by molar-refractivity contribution is 7.86. The van der Waals surface area contributed by atoms with E-state index < -0.39 is 10.2 Å². The molecule has 0 bridgehead atoms. The van der Waals surface area contributed by atoms with Crippen LogP contribution in [0, 0.1) is 6.92 Å². The molecule has 4 rings (SSSR count). The molecule has 1 atom stereocenters. The molecular formula is C18H28N6O2S. The molecule has 2 aliphatic rings. The molecule has 8 nitrogen and oxygen atoms in total.